The zero-order valence-corrected chi connectivity index (χ0v) is 12.6. The van der Waals surface area contributed by atoms with Crippen LogP contribution < -0.4 is 5.32 Å². The van der Waals surface area contributed by atoms with E-state index >= 15 is 0 Å². The Bertz CT molecular complexity index is 427. The number of nitrogens with zero attached hydrogens (tertiary/aromatic N) is 1. The van der Waals surface area contributed by atoms with Gasteiger partial charge in [-0.3, -0.25) is 4.79 Å². The summed E-state index contributed by atoms with van der Waals surface area (Å²) >= 11 is 9.10. The van der Waals surface area contributed by atoms with Crippen LogP contribution >= 0.6 is 27.5 Å². The molecular weight excluding hydrogens is 323 g/mol. The van der Waals surface area contributed by atoms with E-state index in [0.717, 1.165) is 0 Å². The van der Waals surface area contributed by atoms with E-state index in [0.29, 0.717) is 10.0 Å². The molecule has 1 amide bonds. The van der Waals surface area contributed by atoms with E-state index in [1.54, 1.807) is 13.0 Å². The predicted octanol–water partition coefficient (Wildman–Crippen LogP) is 2.23. The molecule has 100 valence electrons. The van der Waals surface area contributed by atoms with Gasteiger partial charge in [0.2, 0.25) is 0 Å². The molecule has 1 N–H and O–H groups in total. The van der Waals surface area contributed by atoms with Gasteiger partial charge in [0.05, 0.1) is 11.6 Å². The van der Waals surface area contributed by atoms with Gasteiger partial charge in [0, 0.05) is 24.9 Å². The second-order valence-electron chi connectivity index (χ2n) is 3.59. The maximum Gasteiger partial charge on any atom is 0.254 e. The number of nitrogens with one attached hydrogen (secondary N) is 1. The Labute approximate surface area is 119 Å². The topological polar surface area (TPSA) is 60.5 Å². The zero-order valence-electron chi connectivity index (χ0n) is 10.2. The highest BCUT2D eigenvalue weighted by atomic mass is 79.9. The minimum atomic E-state index is -0.521. The SMILES string of the molecule is COC(OC)C(C)NC(=O)c1cc(Br)cnc1Cl. The van der Waals surface area contributed by atoms with Crippen molar-refractivity contribution >= 4 is 33.4 Å². The molecule has 18 heavy (non-hydrogen) atoms. The van der Waals surface area contributed by atoms with Crippen LogP contribution in [-0.4, -0.2) is 37.4 Å². The van der Waals surface area contributed by atoms with Gasteiger partial charge in [-0.25, -0.2) is 4.98 Å². The van der Waals surface area contributed by atoms with E-state index in [1.807, 2.05) is 0 Å². The van der Waals surface area contributed by atoms with Crippen LogP contribution in [0.4, 0.5) is 0 Å². The Balaban J connectivity index is 2.79. The lowest BCUT2D eigenvalue weighted by Crippen LogP contribution is -2.43. The summed E-state index contributed by atoms with van der Waals surface area (Å²) in [6, 6.07) is 1.29. The lowest BCUT2D eigenvalue weighted by atomic mass is 10.2. The highest BCUT2D eigenvalue weighted by molar-refractivity contribution is 9.10. The first-order chi connectivity index (χ1) is 8.49. The Morgan fingerprint density at radius 2 is 2.11 bits per heavy atom. The van der Waals surface area contributed by atoms with E-state index in [4.69, 9.17) is 21.1 Å². The molecule has 1 unspecified atom stereocenters. The number of hydrogen-bond acceptors (Lipinski definition) is 4. The molecule has 0 saturated heterocycles. The number of amides is 1. The Kier molecular flexibility index (Phi) is 6.01. The van der Waals surface area contributed by atoms with E-state index in [9.17, 15) is 4.79 Å². The van der Waals surface area contributed by atoms with Gasteiger partial charge in [-0.2, -0.15) is 0 Å². The Morgan fingerprint density at radius 1 is 1.50 bits per heavy atom. The molecule has 1 atom stereocenters. The zero-order chi connectivity index (χ0) is 13.7. The number of rotatable bonds is 5. The van der Waals surface area contributed by atoms with Gasteiger partial charge < -0.3 is 14.8 Å². The van der Waals surface area contributed by atoms with Crippen molar-refractivity contribution in [2.24, 2.45) is 0 Å². The summed E-state index contributed by atoms with van der Waals surface area (Å²) in [6.07, 6.45) is 1.00. The maximum atomic E-state index is 12.0. The van der Waals surface area contributed by atoms with Crippen molar-refractivity contribution in [2.75, 3.05) is 14.2 Å². The molecule has 1 aromatic heterocycles. The number of pyridine rings is 1. The molecule has 5 nitrogen and oxygen atoms in total. The van der Waals surface area contributed by atoms with Gasteiger partial charge in [0.25, 0.3) is 5.91 Å². The van der Waals surface area contributed by atoms with Crippen molar-refractivity contribution in [3.63, 3.8) is 0 Å². The fraction of sp³-hybridized carbons (Fsp3) is 0.455. The summed E-state index contributed by atoms with van der Waals surface area (Å²) in [5, 5.41) is 2.88. The standard InChI is InChI=1S/C11H14BrClN2O3/c1-6(11(17-2)18-3)15-10(16)8-4-7(12)5-14-9(8)13/h4-6,11H,1-3H3,(H,15,16). The summed E-state index contributed by atoms with van der Waals surface area (Å²) in [7, 11) is 3.01. The molecule has 0 aromatic carbocycles. The van der Waals surface area contributed by atoms with Gasteiger partial charge in [-0.1, -0.05) is 11.6 Å². The molecule has 1 rings (SSSR count). The predicted molar refractivity (Wildman–Crippen MR) is 71.7 cm³/mol. The smallest absolute Gasteiger partial charge is 0.254 e. The lowest BCUT2D eigenvalue weighted by molar-refractivity contribution is -0.117. The first-order valence-corrected chi connectivity index (χ1v) is 6.34. The van der Waals surface area contributed by atoms with Crippen molar-refractivity contribution in [1.29, 1.82) is 0 Å². The molecule has 7 heteroatoms. The minimum Gasteiger partial charge on any atom is -0.354 e. The van der Waals surface area contributed by atoms with Crippen LogP contribution in [0.1, 0.15) is 17.3 Å². The van der Waals surface area contributed by atoms with Gasteiger partial charge >= 0.3 is 0 Å². The molecule has 1 aromatic rings. The third kappa shape index (κ3) is 3.91. The van der Waals surface area contributed by atoms with Gasteiger partial charge in [-0.15, -0.1) is 0 Å². The van der Waals surface area contributed by atoms with E-state index in [1.165, 1.54) is 20.4 Å². The maximum absolute atomic E-state index is 12.0. The summed E-state index contributed by atoms with van der Waals surface area (Å²) in [4.78, 5) is 15.9. The number of carbonyl (C=O) groups is 1. The average molecular weight is 338 g/mol. The largest absolute Gasteiger partial charge is 0.354 e. The number of methoxy groups -OCH3 is 2. The molecule has 0 spiro atoms. The van der Waals surface area contributed by atoms with E-state index in [2.05, 4.69) is 26.2 Å². The van der Waals surface area contributed by atoms with E-state index < -0.39 is 6.29 Å². The number of aromatic nitrogens is 1. The van der Waals surface area contributed by atoms with Gasteiger partial charge in [-0.05, 0) is 28.9 Å². The van der Waals surface area contributed by atoms with Crippen LogP contribution in [0, 0.1) is 0 Å². The average Bonchev–Trinajstić information content (AvgIpc) is 2.33. The van der Waals surface area contributed by atoms with E-state index in [-0.39, 0.29) is 17.1 Å². The van der Waals surface area contributed by atoms with Crippen LogP contribution in [0.3, 0.4) is 0 Å². The first-order valence-electron chi connectivity index (χ1n) is 5.17. The van der Waals surface area contributed by atoms with Crippen LogP contribution in [0.15, 0.2) is 16.7 Å². The third-order valence-electron chi connectivity index (χ3n) is 2.28. The summed E-state index contributed by atoms with van der Waals surface area (Å²) in [6.45, 7) is 1.77. The molecule has 1 heterocycles. The minimum absolute atomic E-state index is 0.147. The molecule has 0 aliphatic rings. The first kappa shape index (κ1) is 15.4. The quantitative estimate of drug-likeness (QED) is 0.661. The van der Waals surface area contributed by atoms with Gasteiger partial charge in [0.15, 0.2) is 6.29 Å². The van der Waals surface area contributed by atoms with Gasteiger partial charge in [0.1, 0.15) is 5.15 Å². The number of halogens is 2. The summed E-state index contributed by atoms with van der Waals surface area (Å²) < 4.78 is 10.8. The van der Waals surface area contributed by atoms with Crippen molar-refractivity contribution in [3.8, 4) is 0 Å². The summed E-state index contributed by atoms with van der Waals surface area (Å²) in [5.41, 5.74) is 0.295. The van der Waals surface area contributed by atoms with Crippen molar-refractivity contribution in [3.05, 3.63) is 27.5 Å². The van der Waals surface area contributed by atoms with Crippen LogP contribution in [0.25, 0.3) is 0 Å². The molecule has 0 saturated carbocycles. The molecule has 0 radical (unpaired) electrons. The number of hydrogen-bond donors (Lipinski definition) is 1. The highest BCUT2D eigenvalue weighted by Gasteiger charge is 2.20. The fourth-order valence-electron chi connectivity index (χ4n) is 1.44. The second-order valence-corrected chi connectivity index (χ2v) is 4.87. The molecule has 0 aliphatic carbocycles. The lowest BCUT2D eigenvalue weighted by Gasteiger charge is -2.22. The summed E-state index contributed by atoms with van der Waals surface area (Å²) in [5.74, 6) is -0.333. The second kappa shape index (κ2) is 7.04. The molecule has 0 bridgehead atoms. The molecule has 0 fully saturated rings. The van der Waals surface area contributed by atoms with Crippen LogP contribution in [-0.2, 0) is 9.47 Å². The van der Waals surface area contributed by atoms with Crippen molar-refractivity contribution in [2.45, 2.75) is 19.3 Å². The van der Waals surface area contributed by atoms with Crippen LogP contribution in [0.2, 0.25) is 5.15 Å². The Morgan fingerprint density at radius 3 is 2.67 bits per heavy atom. The molecular formula is C11H14BrClN2O3. The van der Waals surface area contributed by atoms with Crippen molar-refractivity contribution < 1.29 is 14.3 Å². The molecule has 0 aliphatic heterocycles. The number of ether oxygens (including phenoxy) is 2. The third-order valence-corrected chi connectivity index (χ3v) is 3.02. The van der Waals surface area contributed by atoms with Crippen molar-refractivity contribution in [1.82, 2.24) is 10.3 Å². The highest BCUT2D eigenvalue weighted by Crippen LogP contribution is 2.18. The number of carbonyl (C=O) groups excluding carboxylic acids is 1. The fourth-order valence-corrected chi connectivity index (χ4v) is 1.96. The normalized spacial score (nSPS) is 12.6. The monoisotopic (exact) mass is 336 g/mol. The van der Waals surface area contributed by atoms with Crippen LogP contribution in [0.5, 0.6) is 0 Å². The Hall–Kier alpha value is -0.690.